The van der Waals surface area contributed by atoms with Crippen LogP contribution in [0, 0.1) is 0 Å². The highest BCUT2D eigenvalue weighted by Crippen LogP contribution is 2.34. The van der Waals surface area contributed by atoms with Crippen LogP contribution in [0.25, 0.3) is 0 Å². The van der Waals surface area contributed by atoms with Gasteiger partial charge in [0.15, 0.2) is 0 Å². The summed E-state index contributed by atoms with van der Waals surface area (Å²) in [5, 5.41) is 19.1. The predicted octanol–water partition coefficient (Wildman–Crippen LogP) is 2.05. The molecular weight excluding hydrogens is 242 g/mol. The first kappa shape index (κ1) is 12.5. The third kappa shape index (κ3) is 2.21. The minimum Gasteiger partial charge on any atom is -0.478 e. The van der Waals surface area contributed by atoms with Crippen LogP contribution in [0.4, 0.5) is 5.69 Å². The summed E-state index contributed by atoms with van der Waals surface area (Å²) >= 11 is 0. The van der Waals surface area contributed by atoms with Gasteiger partial charge in [-0.05, 0) is 55.9 Å². The maximum atomic E-state index is 11.0. The fourth-order valence-electron chi connectivity index (χ4n) is 3.39. The van der Waals surface area contributed by atoms with Crippen molar-refractivity contribution in [2.45, 2.75) is 44.2 Å². The largest absolute Gasteiger partial charge is 0.478 e. The van der Waals surface area contributed by atoms with Crippen LogP contribution in [0.1, 0.15) is 41.6 Å². The Morgan fingerprint density at radius 1 is 1.26 bits per heavy atom. The molecule has 102 valence electrons. The average Bonchev–Trinajstić information content (AvgIpc) is 2.83. The van der Waals surface area contributed by atoms with Crippen molar-refractivity contribution >= 4 is 11.7 Å². The summed E-state index contributed by atoms with van der Waals surface area (Å²) in [5.74, 6) is -0.874. The van der Waals surface area contributed by atoms with E-state index in [0.29, 0.717) is 5.56 Å². The number of benzene rings is 1. The van der Waals surface area contributed by atoms with Crippen molar-refractivity contribution in [2.24, 2.45) is 0 Å². The lowest BCUT2D eigenvalue weighted by Gasteiger charge is -2.37. The third-order valence-electron chi connectivity index (χ3n) is 4.33. The van der Waals surface area contributed by atoms with Gasteiger partial charge in [-0.3, -0.25) is 0 Å². The predicted molar refractivity (Wildman–Crippen MR) is 72.7 cm³/mol. The summed E-state index contributed by atoms with van der Waals surface area (Å²) in [6.45, 7) is 0.959. The molecule has 0 saturated heterocycles. The first-order valence-corrected chi connectivity index (χ1v) is 6.98. The van der Waals surface area contributed by atoms with Gasteiger partial charge in [0.25, 0.3) is 0 Å². The molecule has 4 heteroatoms. The van der Waals surface area contributed by atoms with Crippen molar-refractivity contribution in [3.63, 3.8) is 0 Å². The van der Waals surface area contributed by atoms with E-state index in [1.807, 2.05) is 6.07 Å². The molecular formula is C15H19NO3. The zero-order chi connectivity index (χ0) is 13.4. The molecule has 1 aliphatic heterocycles. The van der Waals surface area contributed by atoms with Crippen LogP contribution in [0.15, 0.2) is 18.2 Å². The molecule has 0 amide bonds. The molecule has 1 aliphatic carbocycles. The molecule has 0 bridgehead atoms. The number of carboxylic acids is 1. The number of aryl methyl sites for hydroxylation is 1. The van der Waals surface area contributed by atoms with Crippen molar-refractivity contribution in [1.82, 2.24) is 0 Å². The second kappa shape index (κ2) is 4.85. The molecule has 0 spiro atoms. The number of carboxylic acid groups (broad SMARTS) is 1. The van der Waals surface area contributed by atoms with Crippen molar-refractivity contribution in [2.75, 3.05) is 11.4 Å². The monoisotopic (exact) mass is 261 g/mol. The molecule has 2 unspecified atom stereocenters. The number of rotatable bonds is 2. The lowest BCUT2D eigenvalue weighted by atomic mass is 9.97. The van der Waals surface area contributed by atoms with Crippen LogP contribution in [-0.4, -0.2) is 34.9 Å². The number of hydrogen-bond donors (Lipinski definition) is 2. The van der Waals surface area contributed by atoms with Crippen molar-refractivity contribution in [1.29, 1.82) is 0 Å². The van der Waals surface area contributed by atoms with Gasteiger partial charge in [0.1, 0.15) is 0 Å². The number of hydrogen-bond acceptors (Lipinski definition) is 3. The van der Waals surface area contributed by atoms with Gasteiger partial charge in [-0.25, -0.2) is 4.79 Å². The maximum Gasteiger partial charge on any atom is 0.335 e. The molecule has 4 nitrogen and oxygen atoms in total. The van der Waals surface area contributed by atoms with Gasteiger partial charge in [-0.1, -0.05) is 0 Å². The Hall–Kier alpha value is -1.55. The van der Waals surface area contributed by atoms with Crippen molar-refractivity contribution < 1.29 is 15.0 Å². The molecule has 0 aromatic heterocycles. The Morgan fingerprint density at radius 3 is 2.79 bits per heavy atom. The maximum absolute atomic E-state index is 11.0. The normalized spacial score (nSPS) is 26.3. The van der Waals surface area contributed by atoms with Crippen LogP contribution in [0.2, 0.25) is 0 Å². The van der Waals surface area contributed by atoms with Gasteiger partial charge >= 0.3 is 5.97 Å². The first-order valence-electron chi connectivity index (χ1n) is 6.98. The van der Waals surface area contributed by atoms with Gasteiger partial charge in [0, 0.05) is 12.2 Å². The highest BCUT2D eigenvalue weighted by molar-refractivity contribution is 5.88. The number of aliphatic hydroxyl groups is 1. The summed E-state index contributed by atoms with van der Waals surface area (Å²) in [7, 11) is 0. The Balaban J connectivity index is 1.94. The quantitative estimate of drug-likeness (QED) is 0.855. The second-order valence-corrected chi connectivity index (χ2v) is 5.51. The lowest BCUT2D eigenvalue weighted by Crippen LogP contribution is -2.43. The Bertz CT molecular complexity index is 500. The molecule has 1 saturated carbocycles. The van der Waals surface area contributed by atoms with Crippen molar-refractivity contribution in [3.8, 4) is 0 Å². The van der Waals surface area contributed by atoms with Gasteiger partial charge < -0.3 is 15.1 Å². The molecule has 1 aromatic rings. The molecule has 0 radical (unpaired) electrons. The van der Waals surface area contributed by atoms with E-state index in [1.165, 1.54) is 0 Å². The van der Waals surface area contributed by atoms with E-state index in [0.717, 1.165) is 49.9 Å². The fraction of sp³-hybridized carbons (Fsp3) is 0.533. The standard InChI is InChI=1S/C15H19NO3/c17-14-5-1-4-13(14)16-8-2-3-10-9-11(15(18)19)6-7-12(10)16/h6-7,9,13-14,17H,1-5,8H2,(H,18,19). The number of aliphatic hydroxyl groups excluding tert-OH is 1. The van der Waals surface area contributed by atoms with E-state index in [-0.39, 0.29) is 12.1 Å². The van der Waals surface area contributed by atoms with E-state index in [9.17, 15) is 9.90 Å². The highest BCUT2D eigenvalue weighted by atomic mass is 16.4. The van der Waals surface area contributed by atoms with Crippen LogP contribution < -0.4 is 4.90 Å². The number of aromatic carboxylic acids is 1. The first-order chi connectivity index (χ1) is 9.16. The number of fused-ring (bicyclic) bond motifs is 1. The van der Waals surface area contributed by atoms with E-state index in [4.69, 9.17) is 5.11 Å². The molecule has 1 aromatic carbocycles. The van der Waals surface area contributed by atoms with E-state index in [2.05, 4.69) is 4.90 Å². The lowest BCUT2D eigenvalue weighted by molar-refractivity contribution is 0.0696. The SMILES string of the molecule is O=C(O)c1ccc2c(c1)CCCN2C1CCCC1O. The molecule has 2 N–H and O–H groups in total. The zero-order valence-corrected chi connectivity index (χ0v) is 10.9. The summed E-state index contributed by atoms with van der Waals surface area (Å²) in [6.07, 6.45) is 4.69. The summed E-state index contributed by atoms with van der Waals surface area (Å²) in [5.41, 5.74) is 2.57. The molecule has 2 atom stereocenters. The van der Waals surface area contributed by atoms with Crippen molar-refractivity contribution in [3.05, 3.63) is 29.3 Å². The van der Waals surface area contributed by atoms with Crippen LogP contribution >= 0.6 is 0 Å². The minimum absolute atomic E-state index is 0.203. The van der Waals surface area contributed by atoms with Crippen LogP contribution in [-0.2, 0) is 6.42 Å². The summed E-state index contributed by atoms with van der Waals surface area (Å²) in [6, 6.07) is 5.56. The molecule has 3 rings (SSSR count). The topological polar surface area (TPSA) is 60.8 Å². The molecule has 1 fully saturated rings. The minimum atomic E-state index is -0.874. The Kier molecular flexibility index (Phi) is 3.19. The fourth-order valence-corrected chi connectivity index (χ4v) is 3.39. The van der Waals surface area contributed by atoms with Gasteiger partial charge in [0.2, 0.25) is 0 Å². The van der Waals surface area contributed by atoms with E-state index >= 15 is 0 Å². The number of nitrogens with zero attached hydrogens (tertiary/aromatic N) is 1. The molecule has 19 heavy (non-hydrogen) atoms. The summed E-state index contributed by atoms with van der Waals surface area (Å²) in [4.78, 5) is 13.3. The summed E-state index contributed by atoms with van der Waals surface area (Å²) < 4.78 is 0. The highest BCUT2D eigenvalue weighted by Gasteiger charge is 2.33. The average molecular weight is 261 g/mol. The van der Waals surface area contributed by atoms with Gasteiger partial charge in [0.05, 0.1) is 17.7 Å². The van der Waals surface area contributed by atoms with Crippen LogP contribution in [0.5, 0.6) is 0 Å². The van der Waals surface area contributed by atoms with E-state index < -0.39 is 5.97 Å². The third-order valence-corrected chi connectivity index (χ3v) is 4.33. The van der Waals surface area contributed by atoms with E-state index in [1.54, 1.807) is 12.1 Å². The molecule has 2 aliphatic rings. The smallest absolute Gasteiger partial charge is 0.335 e. The number of anilines is 1. The number of carbonyl (C=O) groups is 1. The second-order valence-electron chi connectivity index (χ2n) is 5.51. The van der Waals surface area contributed by atoms with Gasteiger partial charge in [-0.15, -0.1) is 0 Å². The zero-order valence-electron chi connectivity index (χ0n) is 10.9. The molecule has 1 heterocycles. The Labute approximate surface area is 112 Å². The van der Waals surface area contributed by atoms with Crippen LogP contribution in [0.3, 0.4) is 0 Å². The Morgan fingerprint density at radius 2 is 2.11 bits per heavy atom. The van der Waals surface area contributed by atoms with Gasteiger partial charge in [-0.2, -0.15) is 0 Å².